The number of nitrogens with zero attached hydrogens (tertiary/aromatic N) is 3. The summed E-state index contributed by atoms with van der Waals surface area (Å²) in [6.45, 7) is 5.19. The summed E-state index contributed by atoms with van der Waals surface area (Å²) < 4.78 is 8.57. The Kier molecular flexibility index (Phi) is 5.24. The minimum atomic E-state index is 0.861. The average Bonchev–Trinajstić information content (AvgIpc) is 2.83. The molecular formula is C20H23BrN4O. The largest absolute Gasteiger partial charge is 0.497 e. The lowest BCUT2D eigenvalue weighted by Gasteiger charge is -2.20. The molecule has 0 atom stereocenters. The zero-order chi connectivity index (χ0) is 17.9. The number of aromatic nitrogens is 2. The molecule has 4 rings (SSSR count). The predicted molar refractivity (Wildman–Crippen MR) is 108 cm³/mol. The lowest BCUT2D eigenvalue weighted by atomic mass is 10.1. The van der Waals surface area contributed by atoms with Crippen LogP contribution in [0.1, 0.15) is 12.1 Å². The van der Waals surface area contributed by atoms with Crippen LogP contribution in [0.5, 0.6) is 5.75 Å². The van der Waals surface area contributed by atoms with E-state index >= 15 is 0 Å². The standard InChI is InChI=1S/C20H23BrN4O/c1-26-17-6-3-15(4-7-17)20-18(14-24-11-2-9-22-10-12-24)25-13-16(21)5-8-19(25)23-20/h3-8,13,22H,2,9-12,14H2,1H3. The molecule has 0 radical (unpaired) electrons. The van der Waals surface area contributed by atoms with Crippen molar-refractivity contribution in [2.45, 2.75) is 13.0 Å². The van der Waals surface area contributed by atoms with Crippen molar-refractivity contribution in [1.82, 2.24) is 19.6 Å². The van der Waals surface area contributed by atoms with E-state index in [9.17, 15) is 0 Å². The number of nitrogens with one attached hydrogen (secondary N) is 1. The van der Waals surface area contributed by atoms with Crippen molar-refractivity contribution >= 4 is 21.6 Å². The summed E-state index contributed by atoms with van der Waals surface area (Å²) in [5.41, 5.74) is 4.37. The molecule has 1 N–H and O–H groups in total. The van der Waals surface area contributed by atoms with Gasteiger partial charge in [-0.1, -0.05) is 0 Å². The van der Waals surface area contributed by atoms with Crippen molar-refractivity contribution in [2.75, 3.05) is 33.3 Å². The van der Waals surface area contributed by atoms with Gasteiger partial charge in [-0.3, -0.25) is 4.90 Å². The first kappa shape index (κ1) is 17.5. The van der Waals surface area contributed by atoms with Gasteiger partial charge in [0.25, 0.3) is 0 Å². The highest BCUT2D eigenvalue weighted by molar-refractivity contribution is 9.10. The van der Waals surface area contributed by atoms with Crippen LogP contribution in [0.2, 0.25) is 0 Å². The third-order valence-corrected chi connectivity index (χ3v) is 5.32. The second kappa shape index (κ2) is 7.78. The Morgan fingerprint density at radius 1 is 1.12 bits per heavy atom. The molecular weight excluding hydrogens is 392 g/mol. The van der Waals surface area contributed by atoms with E-state index in [2.05, 4.69) is 54.9 Å². The first-order valence-electron chi connectivity index (χ1n) is 8.98. The van der Waals surface area contributed by atoms with Gasteiger partial charge in [0.05, 0.1) is 18.5 Å². The van der Waals surface area contributed by atoms with Crippen LogP contribution in [0.25, 0.3) is 16.9 Å². The first-order valence-corrected chi connectivity index (χ1v) is 9.78. The normalized spacial score (nSPS) is 15.9. The smallest absolute Gasteiger partial charge is 0.137 e. The van der Waals surface area contributed by atoms with Gasteiger partial charge in [-0.05, 0) is 71.8 Å². The van der Waals surface area contributed by atoms with E-state index in [-0.39, 0.29) is 0 Å². The molecule has 5 nitrogen and oxygen atoms in total. The Hall–Kier alpha value is -1.89. The van der Waals surface area contributed by atoms with Gasteiger partial charge in [-0.2, -0.15) is 0 Å². The number of fused-ring (bicyclic) bond motifs is 1. The van der Waals surface area contributed by atoms with Crippen LogP contribution in [0, 0.1) is 0 Å². The fraction of sp³-hybridized carbons (Fsp3) is 0.350. The SMILES string of the molecule is COc1ccc(-c2nc3ccc(Br)cn3c2CN2CCCNCC2)cc1. The molecule has 0 aliphatic carbocycles. The van der Waals surface area contributed by atoms with Gasteiger partial charge in [0.2, 0.25) is 0 Å². The Labute approximate surface area is 162 Å². The average molecular weight is 415 g/mol. The summed E-state index contributed by atoms with van der Waals surface area (Å²) in [6, 6.07) is 12.3. The van der Waals surface area contributed by atoms with Crippen LogP contribution in [0.15, 0.2) is 47.1 Å². The summed E-state index contributed by atoms with van der Waals surface area (Å²) in [7, 11) is 1.69. The van der Waals surface area contributed by atoms with Crippen molar-refractivity contribution in [1.29, 1.82) is 0 Å². The van der Waals surface area contributed by atoms with E-state index in [4.69, 9.17) is 9.72 Å². The van der Waals surface area contributed by atoms with Gasteiger partial charge >= 0.3 is 0 Å². The van der Waals surface area contributed by atoms with Crippen LogP contribution >= 0.6 is 15.9 Å². The molecule has 136 valence electrons. The lowest BCUT2D eigenvalue weighted by Crippen LogP contribution is -2.28. The monoisotopic (exact) mass is 414 g/mol. The van der Waals surface area contributed by atoms with E-state index in [0.29, 0.717) is 0 Å². The number of halogens is 1. The molecule has 26 heavy (non-hydrogen) atoms. The molecule has 0 unspecified atom stereocenters. The minimum Gasteiger partial charge on any atom is -0.497 e. The van der Waals surface area contributed by atoms with Crippen LogP contribution in [0.3, 0.4) is 0 Å². The number of hydrogen-bond acceptors (Lipinski definition) is 4. The molecule has 3 heterocycles. The van der Waals surface area contributed by atoms with E-state index in [0.717, 1.165) is 59.9 Å². The van der Waals surface area contributed by atoms with Gasteiger partial charge in [0, 0.05) is 35.9 Å². The highest BCUT2D eigenvalue weighted by atomic mass is 79.9. The Morgan fingerprint density at radius 2 is 1.96 bits per heavy atom. The molecule has 3 aromatic rings. The Morgan fingerprint density at radius 3 is 2.77 bits per heavy atom. The summed E-state index contributed by atoms with van der Waals surface area (Å²) in [4.78, 5) is 7.44. The van der Waals surface area contributed by atoms with E-state index in [1.165, 1.54) is 12.1 Å². The molecule has 6 heteroatoms. The van der Waals surface area contributed by atoms with E-state index < -0.39 is 0 Å². The highest BCUT2D eigenvalue weighted by Crippen LogP contribution is 2.28. The van der Waals surface area contributed by atoms with Crippen molar-refractivity contribution in [3.05, 3.63) is 52.8 Å². The van der Waals surface area contributed by atoms with E-state index in [1.807, 2.05) is 18.2 Å². The third kappa shape index (κ3) is 3.63. The van der Waals surface area contributed by atoms with Crippen molar-refractivity contribution in [3.63, 3.8) is 0 Å². The van der Waals surface area contributed by atoms with Crippen LogP contribution in [-0.4, -0.2) is 47.6 Å². The third-order valence-electron chi connectivity index (χ3n) is 4.85. The van der Waals surface area contributed by atoms with Crippen LogP contribution in [-0.2, 0) is 6.54 Å². The van der Waals surface area contributed by atoms with Crippen molar-refractivity contribution < 1.29 is 4.74 Å². The molecule has 1 fully saturated rings. The number of pyridine rings is 1. The Bertz CT molecular complexity index is 883. The molecule has 0 spiro atoms. The van der Waals surface area contributed by atoms with Crippen molar-refractivity contribution in [2.24, 2.45) is 0 Å². The number of rotatable bonds is 4. The lowest BCUT2D eigenvalue weighted by molar-refractivity contribution is 0.281. The molecule has 0 saturated carbocycles. The van der Waals surface area contributed by atoms with Crippen molar-refractivity contribution in [3.8, 4) is 17.0 Å². The maximum atomic E-state index is 5.30. The summed E-state index contributed by atoms with van der Waals surface area (Å²) in [5.74, 6) is 0.861. The summed E-state index contributed by atoms with van der Waals surface area (Å²) in [5, 5.41) is 3.48. The minimum absolute atomic E-state index is 0.861. The highest BCUT2D eigenvalue weighted by Gasteiger charge is 2.18. The van der Waals surface area contributed by atoms with Gasteiger partial charge in [0.1, 0.15) is 11.4 Å². The topological polar surface area (TPSA) is 41.8 Å². The molecule has 0 amide bonds. The maximum absolute atomic E-state index is 5.30. The Balaban J connectivity index is 1.77. The molecule has 1 aliphatic rings. The second-order valence-electron chi connectivity index (χ2n) is 6.59. The van der Waals surface area contributed by atoms with Crippen LogP contribution < -0.4 is 10.1 Å². The summed E-state index contributed by atoms with van der Waals surface area (Å²) >= 11 is 3.60. The second-order valence-corrected chi connectivity index (χ2v) is 7.51. The fourth-order valence-electron chi connectivity index (χ4n) is 3.47. The van der Waals surface area contributed by atoms with Gasteiger partial charge in [-0.25, -0.2) is 4.98 Å². The molecule has 1 saturated heterocycles. The number of methoxy groups -OCH3 is 1. The number of imidazole rings is 1. The number of benzene rings is 1. The van der Waals surface area contributed by atoms with Crippen LogP contribution in [0.4, 0.5) is 0 Å². The maximum Gasteiger partial charge on any atom is 0.137 e. The molecule has 0 bridgehead atoms. The molecule has 1 aliphatic heterocycles. The zero-order valence-electron chi connectivity index (χ0n) is 14.9. The number of hydrogen-bond donors (Lipinski definition) is 1. The fourth-order valence-corrected chi connectivity index (χ4v) is 3.81. The number of ether oxygens (including phenoxy) is 1. The zero-order valence-corrected chi connectivity index (χ0v) is 16.5. The molecule has 1 aromatic carbocycles. The van der Waals surface area contributed by atoms with Gasteiger partial charge in [0.15, 0.2) is 0 Å². The van der Waals surface area contributed by atoms with Gasteiger partial charge in [-0.15, -0.1) is 0 Å². The quantitative estimate of drug-likeness (QED) is 0.708. The van der Waals surface area contributed by atoms with E-state index in [1.54, 1.807) is 7.11 Å². The first-order chi connectivity index (χ1) is 12.7. The molecule has 2 aromatic heterocycles. The van der Waals surface area contributed by atoms with Gasteiger partial charge < -0.3 is 14.5 Å². The summed E-state index contributed by atoms with van der Waals surface area (Å²) in [6.07, 6.45) is 3.29. The predicted octanol–water partition coefficient (Wildman–Crippen LogP) is 3.57.